The molecule has 0 aromatic heterocycles. The number of hydrogen-bond donors (Lipinski definition) is 3. The third-order valence-corrected chi connectivity index (χ3v) is 3.32. The average molecular weight is 267 g/mol. The van der Waals surface area contributed by atoms with Crippen LogP contribution >= 0.6 is 0 Å². The summed E-state index contributed by atoms with van der Waals surface area (Å²) in [5.74, 6) is -0.822. The molecule has 1 aromatic carbocycles. The summed E-state index contributed by atoms with van der Waals surface area (Å²) >= 11 is 0. The molecule has 2 heterocycles. The number of carbonyl (C=O) groups excluding carboxylic acids is 1. The standard InChI is InChI=1S/C12H13NO6/c14-7-9-10(8(15)12(16)19-9)18-11(7)13(17)6-4-2-1-3-5-6/h1-5,7-11,14-15,17H/t7-,8?,9-,10?,11-/m1/s1. The SMILES string of the molecule is O=C1O[C@H]2C(O[C@@H](N(O)c3ccccc3)[C@@H]2O)C1O. The Bertz CT molecular complexity index is 480. The van der Waals surface area contributed by atoms with E-state index < -0.39 is 36.6 Å². The summed E-state index contributed by atoms with van der Waals surface area (Å²) < 4.78 is 10.2. The van der Waals surface area contributed by atoms with Crippen LogP contribution in [-0.2, 0) is 14.3 Å². The number of para-hydroxylation sites is 1. The number of hydrogen-bond acceptors (Lipinski definition) is 7. The van der Waals surface area contributed by atoms with Crippen molar-refractivity contribution in [2.75, 3.05) is 5.06 Å². The lowest BCUT2D eigenvalue weighted by Crippen LogP contribution is -2.43. The molecule has 102 valence electrons. The fourth-order valence-electron chi connectivity index (χ4n) is 2.33. The summed E-state index contributed by atoms with van der Waals surface area (Å²) in [5, 5.41) is 30.3. The summed E-state index contributed by atoms with van der Waals surface area (Å²) in [7, 11) is 0. The van der Waals surface area contributed by atoms with Crippen molar-refractivity contribution in [1.29, 1.82) is 0 Å². The van der Waals surface area contributed by atoms with Crippen molar-refractivity contribution in [2.24, 2.45) is 0 Å². The molecule has 2 saturated heterocycles. The molecule has 7 nitrogen and oxygen atoms in total. The van der Waals surface area contributed by atoms with Gasteiger partial charge >= 0.3 is 5.97 Å². The first kappa shape index (κ1) is 12.4. The zero-order chi connectivity index (χ0) is 13.6. The van der Waals surface area contributed by atoms with Gasteiger partial charge in [-0.05, 0) is 12.1 Å². The molecule has 3 N–H and O–H groups in total. The van der Waals surface area contributed by atoms with Crippen LogP contribution in [0.3, 0.4) is 0 Å². The largest absolute Gasteiger partial charge is 0.455 e. The number of anilines is 1. The molecule has 0 spiro atoms. The lowest BCUT2D eigenvalue weighted by Gasteiger charge is -2.26. The van der Waals surface area contributed by atoms with Crippen LogP contribution in [0.4, 0.5) is 5.69 Å². The van der Waals surface area contributed by atoms with Gasteiger partial charge in [-0.2, -0.15) is 0 Å². The van der Waals surface area contributed by atoms with Crippen molar-refractivity contribution < 1.29 is 29.7 Å². The molecular weight excluding hydrogens is 254 g/mol. The number of fused-ring (bicyclic) bond motifs is 1. The maximum Gasteiger partial charge on any atom is 0.338 e. The van der Waals surface area contributed by atoms with Gasteiger partial charge in [0.2, 0.25) is 0 Å². The monoisotopic (exact) mass is 267 g/mol. The Kier molecular flexibility index (Phi) is 2.90. The van der Waals surface area contributed by atoms with Gasteiger partial charge in [0.1, 0.15) is 12.2 Å². The Labute approximate surface area is 108 Å². The molecule has 2 aliphatic rings. The molecule has 3 rings (SSSR count). The Morgan fingerprint density at radius 1 is 1.11 bits per heavy atom. The number of aliphatic hydroxyl groups excluding tert-OH is 2. The fraction of sp³-hybridized carbons (Fsp3) is 0.417. The summed E-state index contributed by atoms with van der Waals surface area (Å²) in [6.45, 7) is 0. The van der Waals surface area contributed by atoms with E-state index in [0.717, 1.165) is 5.06 Å². The maximum atomic E-state index is 11.1. The summed E-state index contributed by atoms with van der Waals surface area (Å²) in [4.78, 5) is 11.1. The highest BCUT2D eigenvalue weighted by Crippen LogP contribution is 2.34. The van der Waals surface area contributed by atoms with E-state index in [1.165, 1.54) is 0 Å². The number of ether oxygens (including phenoxy) is 2. The number of benzene rings is 1. The summed E-state index contributed by atoms with van der Waals surface area (Å²) in [5.41, 5.74) is 0.423. The van der Waals surface area contributed by atoms with E-state index in [2.05, 4.69) is 0 Å². The highest BCUT2D eigenvalue weighted by molar-refractivity contribution is 5.78. The van der Waals surface area contributed by atoms with Crippen LogP contribution in [0.25, 0.3) is 0 Å². The van der Waals surface area contributed by atoms with Crippen LogP contribution in [0.5, 0.6) is 0 Å². The molecule has 2 aliphatic heterocycles. The predicted molar refractivity (Wildman–Crippen MR) is 61.3 cm³/mol. The number of carbonyl (C=O) groups is 1. The quantitative estimate of drug-likeness (QED) is 0.479. The van der Waals surface area contributed by atoms with Crippen LogP contribution in [0.2, 0.25) is 0 Å². The highest BCUT2D eigenvalue weighted by Gasteiger charge is 2.58. The molecule has 0 amide bonds. The molecule has 0 aliphatic carbocycles. The molecule has 0 saturated carbocycles. The predicted octanol–water partition coefficient (Wildman–Crippen LogP) is -0.746. The molecule has 0 radical (unpaired) electrons. The van der Waals surface area contributed by atoms with Crippen molar-refractivity contribution in [2.45, 2.75) is 30.6 Å². The molecule has 5 atom stereocenters. The second-order valence-corrected chi connectivity index (χ2v) is 4.51. The highest BCUT2D eigenvalue weighted by atomic mass is 16.7. The van der Waals surface area contributed by atoms with Crippen LogP contribution in [0, 0.1) is 0 Å². The van der Waals surface area contributed by atoms with Gasteiger partial charge in [0.25, 0.3) is 0 Å². The first-order valence-electron chi connectivity index (χ1n) is 5.85. The minimum absolute atomic E-state index is 0.423. The average Bonchev–Trinajstić information content (AvgIpc) is 2.89. The van der Waals surface area contributed by atoms with E-state index in [-0.39, 0.29) is 0 Å². The minimum atomic E-state index is -1.44. The van der Waals surface area contributed by atoms with Crippen molar-refractivity contribution in [3.05, 3.63) is 30.3 Å². The van der Waals surface area contributed by atoms with Gasteiger partial charge in [-0.15, -0.1) is 0 Å². The third-order valence-electron chi connectivity index (χ3n) is 3.32. The van der Waals surface area contributed by atoms with Gasteiger partial charge in [-0.3, -0.25) is 5.21 Å². The molecule has 1 aromatic rings. The van der Waals surface area contributed by atoms with Gasteiger partial charge in [0.05, 0.1) is 5.69 Å². The first-order valence-corrected chi connectivity index (χ1v) is 5.85. The number of rotatable bonds is 2. The van der Waals surface area contributed by atoms with E-state index >= 15 is 0 Å². The summed E-state index contributed by atoms with van der Waals surface area (Å²) in [6.07, 6.45) is -5.71. The van der Waals surface area contributed by atoms with Gasteiger partial charge in [0, 0.05) is 0 Å². The van der Waals surface area contributed by atoms with Gasteiger partial charge < -0.3 is 19.7 Å². The van der Waals surface area contributed by atoms with Crippen molar-refractivity contribution in [3.8, 4) is 0 Å². The van der Waals surface area contributed by atoms with E-state index in [1.54, 1.807) is 30.3 Å². The lowest BCUT2D eigenvalue weighted by atomic mass is 10.1. The second kappa shape index (κ2) is 4.46. The molecular formula is C12H13NO6. The zero-order valence-electron chi connectivity index (χ0n) is 9.79. The van der Waals surface area contributed by atoms with E-state index in [0.29, 0.717) is 5.69 Å². The van der Waals surface area contributed by atoms with E-state index in [1.807, 2.05) is 0 Å². The molecule has 19 heavy (non-hydrogen) atoms. The van der Waals surface area contributed by atoms with E-state index in [4.69, 9.17) is 9.47 Å². The number of esters is 1. The Morgan fingerprint density at radius 2 is 1.79 bits per heavy atom. The van der Waals surface area contributed by atoms with Crippen molar-refractivity contribution in [3.63, 3.8) is 0 Å². The van der Waals surface area contributed by atoms with Crippen LogP contribution in [0.15, 0.2) is 30.3 Å². The van der Waals surface area contributed by atoms with Crippen molar-refractivity contribution >= 4 is 11.7 Å². The number of hydroxylamine groups is 1. The topological polar surface area (TPSA) is 99.5 Å². The fourth-order valence-corrected chi connectivity index (χ4v) is 2.33. The van der Waals surface area contributed by atoms with Gasteiger partial charge in [-0.1, -0.05) is 18.2 Å². The molecule has 0 bridgehead atoms. The van der Waals surface area contributed by atoms with E-state index in [9.17, 15) is 20.2 Å². The van der Waals surface area contributed by atoms with Gasteiger partial charge in [-0.25, -0.2) is 9.86 Å². The van der Waals surface area contributed by atoms with Crippen LogP contribution < -0.4 is 5.06 Å². The zero-order valence-corrected chi connectivity index (χ0v) is 9.79. The third kappa shape index (κ3) is 1.87. The Hall–Kier alpha value is -1.67. The number of aliphatic hydroxyl groups is 2. The molecule has 2 fully saturated rings. The maximum absolute atomic E-state index is 11.1. The molecule has 7 heteroatoms. The Morgan fingerprint density at radius 3 is 2.42 bits per heavy atom. The minimum Gasteiger partial charge on any atom is -0.455 e. The van der Waals surface area contributed by atoms with Crippen LogP contribution in [-0.4, -0.2) is 52.0 Å². The number of nitrogens with zero attached hydrogens (tertiary/aromatic N) is 1. The van der Waals surface area contributed by atoms with Crippen LogP contribution in [0.1, 0.15) is 0 Å². The summed E-state index contributed by atoms with van der Waals surface area (Å²) in [6, 6.07) is 8.48. The molecule has 2 unspecified atom stereocenters. The Balaban J connectivity index is 1.80. The van der Waals surface area contributed by atoms with Gasteiger partial charge in [0.15, 0.2) is 18.4 Å². The normalized spacial score (nSPS) is 37.0. The second-order valence-electron chi connectivity index (χ2n) is 4.51. The first-order chi connectivity index (χ1) is 9.09. The lowest BCUT2D eigenvalue weighted by molar-refractivity contribution is -0.154. The van der Waals surface area contributed by atoms with Crippen molar-refractivity contribution in [1.82, 2.24) is 0 Å². The smallest absolute Gasteiger partial charge is 0.338 e.